The lowest BCUT2D eigenvalue weighted by atomic mass is 9.88. The lowest BCUT2D eigenvalue weighted by Crippen LogP contribution is -2.52. The average Bonchev–Trinajstić information content (AvgIpc) is 3.17. The van der Waals surface area contributed by atoms with Crippen molar-refractivity contribution in [1.29, 1.82) is 0 Å². The van der Waals surface area contributed by atoms with Gasteiger partial charge in [0.15, 0.2) is 0 Å². The van der Waals surface area contributed by atoms with Gasteiger partial charge >= 0.3 is 6.18 Å². The Labute approximate surface area is 108 Å². The Balaban J connectivity index is 1.90. The number of aliphatic hydroxyl groups is 1. The van der Waals surface area contributed by atoms with Crippen LogP contribution in [0.5, 0.6) is 0 Å². The highest BCUT2D eigenvalue weighted by molar-refractivity contribution is 5.38. The Morgan fingerprint density at radius 2 is 1.95 bits per heavy atom. The largest absolute Gasteiger partial charge is 0.433 e. The first-order chi connectivity index (χ1) is 8.97. The summed E-state index contributed by atoms with van der Waals surface area (Å²) in [4.78, 5) is 9.34. The molecule has 0 bridgehead atoms. The van der Waals surface area contributed by atoms with E-state index >= 15 is 0 Å². The number of anilines is 1. The molecule has 0 aliphatic heterocycles. The lowest BCUT2D eigenvalue weighted by molar-refractivity contribution is -0.141. The fourth-order valence-corrected chi connectivity index (χ4v) is 2.36. The number of hydrogen-bond donors (Lipinski definition) is 1. The molecule has 1 heterocycles. The van der Waals surface area contributed by atoms with Crippen molar-refractivity contribution in [1.82, 2.24) is 9.97 Å². The lowest BCUT2D eigenvalue weighted by Gasteiger charge is -2.42. The summed E-state index contributed by atoms with van der Waals surface area (Å²) in [6.45, 7) is 0. The van der Waals surface area contributed by atoms with E-state index in [1.165, 1.54) is 0 Å². The third kappa shape index (κ3) is 2.39. The minimum atomic E-state index is -4.47. The highest BCUT2D eigenvalue weighted by Gasteiger charge is 2.43. The maximum absolute atomic E-state index is 12.7. The third-order valence-electron chi connectivity index (χ3n) is 3.66. The molecule has 0 radical (unpaired) electrons. The van der Waals surface area contributed by atoms with Gasteiger partial charge in [-0.05, 0) is 31.7 Å². The molecule has 19 heavy (non-hydrogen) atoms. The van der Waals surface area contributed by atoms with E-state index in [9.17, 15) is 18.3 Å². The van der Waals surface area contributed by atoms with Crippen LogP contribution in [-0.4, -0.2) is 33.3 Å². The molecular formula is C12H14F3N3O. The van der Waals surface area contributed by atoms with Gasteiger partial charge in [0.05, 0.1) is 12.1 Å². The van der Waals surface area contributed by atoms with Crippen LogP contribution in [0.25, 0.3) is 0 Å². The van der Waals surface area contributed by atoms with Crippen molar-refractivity contribution < 1.29 is 18.3 Å². The van der Waals surface area contributed by atoms with E-state index in [1.54, 1.807) is 4.90 Å². The molecule has 104 valence electrons. The predicted molar refractivity (Wildman–Crippen MR) is 61.6 cm³/mol. The Morgan fingerprint density at radius 1 is 1.21 bits per heavy atom. The highest BCUT2D eigenvalue weighted by atomic mass is 19.4. The average molecular weight is 273 g/mol. The predicted octanol–water partition coefficient (Wildman–Crippen LogP) is 1.99. The van der Waals surface area contributed by atoms with E-state index in [1.807, 2.05) is 0 Å². The molecule has 2 unspecified atom stereocenters. The second-order valence-corrected chi connectivity index (χ2v) is 5.09. The van der Waals surface area contributed by atoms with Gasteiger partial charge in [-0.2, -0.15) is 13.2 Å². The zero-order chi connectivity index (χ0) is 13.6. The van der Waals surface area contributed by atoms with Crippen molar-refractivity contribution in [3.63, 3.8) is 0 Å². The molecule has 2 atom stereocenters. The summed E-state index contributed by atoms with van der Waals surface area (Å²) in [6, 6.07) is 0.894. The van der Waals surface area contributed by atoms with Gasteiger partial charge in [-0.25, -0.2) is 9.97 Å². The van der Waals surface area contributed by atoms with Gasteiger partial charge in [0.25, 0.3) is 0 Å². The number of alkyl halides is 3. The van der Waals surface area contributed by atoms with Crippen LogP contribution in [0.15, 0.2) is 12.3 Å². The molecule has 7 heteroatoms. The minimum absolute atomic E-state index is 0.0843. The first-order valence-corrected chi connectivity index (χ1v) is 6.33. The Bertz CT molecular complexity index is 476. The summed E-state index contributed by atoms with van der Waals surface area (Å²) in [6.07, 6.45) is -0.522. The van der Waals surface area contributed by atoms with Gasteiger partial charge in [0.2, 0.25) is 5.95 Å². The van der Waals surface area contributed by atoms with Crippen LogP contribution in [0.4, 0.5) is 19.1 Å². The summed E-state index contributed by atoms with van der Waals surface area (Å²) < 4.78 is 38.0. The van der Waals surface area contributed by atoms with Crippen LogP contribution in [-0.2, 0) is 6.18 Å². The Hall–Kier alpha value is -1.37. The van der Waals surface area contributed by atoms with Gasteiger partial charge in [0.1, 0.15) is 5.69 Å². The van der Waals surface area contributed by atoms with Crippen LogP contribution in [0.1, 0.15) is 31.4 Å². The van der Waals surface area contributed by atoms with Crippen LogP contribution in [0.2, 0.25) is 0 Å². The van der Waals surface area contributed by atoms with E-state index in [-0.39, 0.29) is 18.0 Å². The quantitative estimate of drug-likeness (QED) is 0.915. The van der Waals surface area contributed by atoms with Crippen molar-refractivity contribution >= 4 is 5.95 Å². The van der Waals surface area contributed by atoms with Crippen LogP contribution < -0.4 is 4.90 Å². The number of nitrogens with zero attached hydrogens (tertiary/aromatic N) is 3. The zero-order valence-electron chi connectivity index (χ0n) is 10.1. The van der Waals surface area contributed by atoms with Crippen LogP contribution >= 0.6 is 0 Å². The summed E-state index contributed by atoms with van der Waals surface area (Å²) in [5, 5.41) is 9.73. The molecule has 2 aliphatic carbocycles. The van der Waals surface area contributed by atoms with Gasteiger partial charge in [-0.1, -0.05) is 0 Å². The summed E-state index contributed by atoms with van der Waals surface area (Å²) >= 11 is 0. The molecule has 0 amide bonds. The minimum Gasteiger partial charge on any atom is -0.391 e. The number of aromatic nitrogens is 2. The number of halogens is 3. The number of aliphatic hydroxyl groups excluding tert-OH is 1. The molecule has 2 saturated carbocycles. The van der Waals surface area contributed by atoms with Crippen molar-refractivity contribution in [3.05, 3.63) is 18.0 Å². The van der Waals surface area contributed by atoms with Crippen LogP contribution in [0, 0.1) is 0 Å². The van der Waals surface area contributed by atoms with Crippen molar-refractivity contribution in [2.75, 3.05) is 4.90 Å². The molecule has 0 saturated heterocycles. The number of hydrogen-bond acceptors (Lipinski definition) is 4. The van der Waals surface area contributed by atoms with Gasteiger partial charge in [-0.3, -0.25) is 0 Å². The maximum atomic E-state index is 12.7. The van der Waals surface area contributed by atoms with Crippen molar-refractivity contribution in [2.24, 2.45) is 0 Å². The van der Waals surface area contributed by atoms with E-state index < -0.39 is 18.0 Å². The fourth-order valence-electron chi connectivity index (χ4n) is 2.36. The molecule has 3 rings (SSSR count). The molecule has 2 fully saturated rings. The van der Waals surface area contributed by atoms with Gasteiger partial charge < -0.3 is 10.0 Å². The first-order valence-electron chi connectivity index (χ1n) is 6.33. The molecule has 0 aromatic carbocycles. The van der Waals surface area contributed by atoms with E-state index in [0.717, 1.165) is 31.5 Å². The maximum Gasteiger partial charge on any atom is 0.433 e. The summed E-state index contributed by atoms with van der Waals surface area (Å²) in [5.41, 5.74) is -0.933. The fraction of sp³-hybridized carbons (Fsp3) is 0.667. The van der Waals surface area contributed by atoms with Crippen molar-refractivity contribution in [3.8, 4) is 0 Å². The van der Waals surface area contributed by atoms with E-state index in [2.05, 4.69) is 9.97 Å². The second kappa shape index (κ2) is 4.33. The Kier molecular flexibility index (Phi) is 2.88. The molecular weight excluding hydrogens is 259 g/mol. The smallest absolute Gasteiger partial charge is 0.391 e. The highest BCUT2D eigenvalue weighted by Crippen LogP contribution is 2.38. The van der Waals surface area contributed by atoms with Gasteiger partial charge in [0, 0.05) is 12.2 Å². The molecule has 1 N–H and O–H groups in total. The molecule has 0 spiro atoms. The Morgan fingerprint density at radius 3 is 2.42 bits per heavy atom. The summed E-state index contributed by atoms with van der Waals surface area (Å²) in [5.74, 6) is 0.0843. The molecule has 1 aromatic heterocycles. The second-order valence-electron chi connectivity index (χ2n) is 5.09. The number of rotatable bonds is 3. The van der Waals surface area contributed by atoms with Crippen molar-refractivity contribution in [2.45, 2.75) is 50.0 Å². The van der Waals surface area contributed by atoms with Crippen LogP contribution in [0.3, 0.4) is 0 Å². The molecule has 4 nitrogen and oxygen atoms in total. The third-order valence-corrected chi connectivity index (χ3v) is 3.66. The van der Waals surface area contributed by atoms with Gasteiger partial charge in [-0.15, -0.1) is 0 Å². The summed E-state index contributed by atoms with van der Waals surface area (Å²) in [7, 11) is 0. The standard InChI is InChI=1S/C12H14F3N3O/c13-12(14,15)10-5-6-16-11(17-10)18(7-1-2-7)8-3-4-9(8)19/h5-9,19H,1-4H2. The van der Waals surface area contributed by atoms with E-state index in [0.29, 0.717) is 6.42 Å². The monoisotopic (exact) mass is 273 g/mol. The first kappa shape index (κ1) is 12.7. The molecule has 1 aromatic rings. The molecule has 2 aliphatic rings. The topological polar surface area (TPSA) is 49.2 Å². The SMILES string of the molecule is OC1CCC1N(c1nccc(C(F)(F)F)n1)C1CC1. The van der Waals surface area contributed by atoms with E-state index in [4.69, 9.17) is 0 Å². The zero-order valence-corrected chi connectivity index (χ0v) is 10.1. The normalized spacial score (nSPS) is 26.9.